The van der Waals surface area contributed by atoms with Crippen LogP contribution in [0.3, 0.4) is 0 Å². The second-order valence-corrected chi connectivity index (χ2v) is 8.92. The summed E-state index contributed by atoms with van der Waals surface area (Å²) in [6.45, 7) is 4.11. The first kappa shape index (κ1) is 23.3. The van der Waals surface area contributed by atoms with Gasteiger partial charge in [-0.2, -0.15) is 0 Å². The maximum absolute atomic E-state index is 12.9. The minimum Gasteiger partial charge on any atom is -0.493 e. The lowest BCUT2D eigenvalue weighted by molar-refractivity contribution is -0.123. The van der Waals surface area contributed by atoms with Crippen molar-refractivity contribution in [1.29, 1.82) is 0 Å². The molecule has 4 rings (SSSR count). The minimum absolute atomic E-state index is 0.214. The average molecular weight is 474 g/mol. The van der Waals surface area contributed by atoms with E-state index in [1.54, 1.807) is 36.4 Å². The average Bonchev–Trinajstić information content (AvgIpc) is 3.07. The van der Waals surface area contributed by atoms with Crippen molar-refractivity contribution in [2.24, 2.45) is 0 Å². The number of carbonyl (C=O) groups is 3. The molecule has 0 radical (unpaired) electrons. The van der Waals surface area contributed by atoms with Crippen molar-refractivity contribution in [3.63, 3.8) is 0 Å². The number of hydrogen-bond donors (Lipinski definition) is 0. The molecule has 34 heavy (non-hydrogen) atoms. The third-order valence-electron chi connectivity index (χ3n) is 5.27. The van der Waals surface area contributed by atoms with Crippen LogP contribution < -0.4 is 9.47 Å². The Morgan fingerprint density at radius 2 is 1.71 bits per heavy atom. The highest BCUT2D eigenvalue weighted by Gasteiger charge is 2.35. The molecule has 0 unspecified atom stereocenters. The molecule has 0 atom stereocenters. The summed E-state index contributed by atoms with van der Waals surface area (Å²) in [5.41, 5.74) is 4.00. The number of thioether (sulfide) groups is 1. The van der Waals surface area contributed by atoms with Gasteiger partial charge in [-0.05, 0) is 67.1 Å². The number of carbonyl (C=O) groups excluding carboxylic acids is 3. The van der Waals surface area contributed by atoms with E-state index in [9.17, 15) is 14.4 Å². The third kappa shape index (κ3) is 5.21. The lowest BCUT2D eigenvalue weighted by Crippen LogP contribution is -2.27. The number of aryl methyl sites for hydroxylation is 2. The van der Waals surface area contributed by atoms with Crippen molar-refractivity contribution < 1.29 is 23.9 Å². The van der Waals surface area contributed by atoms with Crippen LogP contribution in [0.25, 0.3) is 6.08 Å². The van der Waals surface area contributed by atoms with E-state index >= 15 is 0 Å². The fourth-order valence-electron chi connectivity index (χ4n) is 3.49. The van der Waals surface area contributed by atoms with Crippen LogP contribution in [-0.4, -0.2) is 29.1 Å². The van der Waals surface area contributed by atoms with E-state index in [0.717, 1.165) is 28.5 Å². The SMILES string of the molecule is COc1ccc(/C=C2\SC(=O)N(Cc3cccc(C)c3)C2=O)cc1OC(=O)c1ccc(C)cc1. The number of benzene rings is 3. The monoisotopic (exact) mass is 473 g/mol. The van der Waals surface area contributed by atoms with E-state index in [-0.39, 0.29) is 23.4 Å². The maximum Gasteiger partial charge on any atom is 0.343 e. The molecule has 172 valence electrons. The molecule has 0 saturated carbocycles. The number of esters is 1. The molecule has 0 N–H and O–H groups in total. The van der Waals surface area contributed by atoms with Crippen molar-refractivity contribution in [2.75, 3.05) is 7.11 Å². The van der Waals surface area contributed by atoms with E-state index in [4.69, 9.17) is 9.47 Å². The van der Waals surface area contributed by atoms with Crippen LogP contribution in [0.5, 0.6) is 11.5 Å². The molecule has 1 aliphatic heterocycles. The van der Waals surface area contributed by atoms with Gasteiger partial charge in [0.25, 0.3) is 11.1 Å². The van der Waals surface area contributed by atoms with Crippen LogP contribution in [0.2, 0.25) is 0 Å². The molecular weight excluding hydrogens is 450 g/mol. The second kappa shape index (κ2) is 9.97. The molecule has 1 heterocycles. The van der Waals surface area contributed by atoms with E-state index in [2.05, 4.69) is 0 Å². The van der Waals surface area contributed by atoms with E-state index in [0.29, 0.717) is 21.8 Å². The Bertz CT molecular complexity index is 1300. The number of imide groups is 1. The van der Waals surface area contributed by atoms with Gasteiger partial charge in [0.2, 0.25) is 0 Å². The second-order valence-electron chi connectivity index (χ2n) is 7.92. The van der Waals surface area contributed by atoms with Crippen LogP contribution in [0, 0.1) is 13.8 Å². The normalized spacial score (nSPS) is 14.6. The molecule has 3 aromatic rings. The number of ether oxygens (including phenoxy) is 2. The topological polar surface area (TPSA) is 72.9 Å². The quantitative estimate of drug-likeness (QED) is 0.257. The van der Waals surface area contributed by atoms with Crippen LogP contribution in [0.15, 0.2) is 71.6 Å². The van der Waals surface area contributed by atoms with Crippen molar-refractivity contribution in [2.45, 2.75) is 20.4 Å². The van der Waals surface area contributed by atoms with Gasteiger partial charge in [0, 0.05) is 0 Å². The van der Waals surface area contributed by atoms with Gasteiger partial charge in [-0.25, -0.2) is 4.79 Å². The summed E-state index contributed by atoms with van der Waals surface area (Å²) in [4.78, 5) is 39.5. The number of rotatable bonds is 6. The number of hydrogen-bond acceptors (Lipinski definition) is 6. The summed E-state index contributed by atoms with van der Waals surface area (Å²) in [5.74, 6) is -0.273. The molecule has 3 aromatic carbocycles. The highest BCUT2D eigenvalue weighted by molar-refractivity contribution is 8.18. The van der Waals surface area contributed by atoms with Crippen LogP contribution >= 0.6 is 11.8 Å². The van der Waals surface area contributed by atoms with Gasteiger partial charge in [0.05, 0.1) is 24.1 Å². The Balaban J connectivity index is 1.55. The molecular formula is C27H23NO5S. The lowest BCUT2D eigenvalue weighted by Gasteiger charge is -2.13. The van der Waals surface area contributed by atoms with Crippen molar-refractivity contribution in [3.05, 3.63) is 99.5 Å². The van der Waals surface area contributed by atoms with Crippen LogP contribution in [0.4, 0.5) is 4.79 Å². The standard InChI is InChI=1S/C27H23NO5S/c1-17-7-10-21(11-8-17)26(30)33-23-14-19(9-12-22(23)32-3)15-24-25(29)28(27(31)34-24)16-20-6-4-5-18(2)13-20/h4-15H,16H2,1-3H3/b24-15-. The van der Waals surface area contributed by atoms with Gasteiger partial charge in [-0.1, -0.05) is 53.6 Å². The first-order valence-corrected chi connectivity index (χ1v) is 11.4. The fraction of sp³-hybridized carbons (Fsp3) is 0.148. The van der Waals surface area contributed by atoms with Gasteiger partial charge < -0.3 is 9.47 Å². The highest BCUT2D eigenvalue weighted by Crippen LogP contribution is 2.35. The number of nitrogens with zero attached hydrogens (tertiary/aromatic N) is 1. The van der Waals surface area contributed by atoms with E-state index in [1.807, 2.05) is 50.2 Å². The zero-order valence-electron chi connectivity index (χ0n) is 19.0. The van der Waals surface area contributed by atoms with Gasteiger partial charge in [-0.15, -0.1) is 0 Å². The Morgan fingerprint density at radius 3 is 2.41 bits per heavy atom. The largest absolute Gasteiger partial charge is 0.493 e. The first-order valence-electron chi connectivity index (χ1n) is 10.6. The van der Waals surface area contributed by atoms with E-state index < -0.39 is 5.97 Å². The summed E-state index contributed by atoms with van der Waals surface area (Å²) in [6, 6.07) is 19.7. The molecule has 1 fully saturated rings. The maximum atomic E-state index is 12.9. The Kier molecular flexibility index (Phi) is 6.84. The fourth-order valence-corrected chi connectivity index (χ4v) is 4.33. The molecule has 2 amide bonds. The first-order chi connectivity index (χ1) is 16.3. The molecule has 0 aliphatic carbocycles. The van der Waals surface area contributed by atoms with Crippen molar-refractivity contribution in [1.82, 2.24) is 4.90 Å². The molecule has 1 aliphatic rings. The summed E-state index contributed by atoms with van der Waals surface area (Å²) in [5, 5.41) is -0.322. The van der Waals surface area contributed by atoms with Crippen molar-refractivity contribution >= 4 is 35.0 Å². The molecule has 0 aromatic heterocycles. The summed E-state index contributed by atoms with van der Waals surface area (Å²) < 4.78 is 10.9. The Hall–Kier alpha value is -3.84. The van der Waals surface area contributed by atoms with Gasteiger partial charge in [-0.3, -0.25) is 14.5 Å². The zero-order valence-corrected chi connectivity index (χ0v) is 19.8. The zero-order chi connectivity index (χ0) is 24.2. The molecule has 1 saturated heterocycles. The summed E-state index contributed by atoms with van der Waals surface area (Å²) in [6.07, 6.45) is 1.61. The van der Waals surface area contributed by atoms with Gasteiger partial charge in [0.1, 0.15) is 0 Å². The molecule has 6 nitrogen and oxygen atoms in total. The highest BCUT2D eigenvalue weighted by atomic mass is 32.2. The van der Waals surface area contributed by atoms with Gasteiger partial charge in [0.15, 0.2) is 11.5 Å². The molecule has 0 bridgehead atoms. The Morgan fingerprint density at radius 1 is 0.941 bits per heavy atom. The van der Waals surface area contributed by atoms with Gasteiger partial charge >= 0.3 is 5.97 Å². The summed E-state index contributed by atoms with van der Waals surface area (Å²) in [7, 11) is 1.48. The Labute approximate surface area is 202 Å². The minimum atomic E-state index is -0.520. The third-order valence-corrected chi connectivity index (χ3v) is 6.18. The smallest absolute Gasteiger partial charge is 0.343 e. The molecule has 7 heteroatoms. The lowest BCUT2D eigenvalue weighted by atomic mass is 10.1. The molecule has 0 spiro atoms. The number of amides is 2. The predicted molar refractivity (Wildman–Crippen MR) is 132 cm³/mol. The van der Waals surface area contributed by atoms with Crippen LogP contribution in [-0.2, 0) is 11.3 Å². The predicted octanol–water partition coefficient (Wildman–Crippen LogP) is 5.77. The van der Waals surface area contributed by atoms with Crippen LogP contribution in [0.1, 0.15) is 32.6 Å². The number of methoxy groups -OCH3 is 1. The van der Waals surface area contributed by atoms with Crippen molar-refractivity contribution in [3.8, 4) is 11.5 Å². The van der Waals surface area contributed by atoms with E-state index in [1.165, 1.54) is 12.0 Å². The summed E-state index contributed by atoms with van der Waals surface area (Å²) >= 11 is 0.888.